The Hall–Kier alpha value is -0.640. The molecule has 0 aromatic heterocycles. The summed E-state index contributed by atoms with van der Waals surface area (Å²) in [5, 5.41) is 109. The second-order valence-corrected chi connectivity index (χ2v) is 8.37. The third-order valence-electron chi connectivity index (χ3n) is 6.07. The lowest BCUT2D eigenvalue weighted by Crippen LogP contribution is -2.65. The molecule has 0 aromatic rings. The molecule has 15 atom stereocenters. The third-order valence-corrected chi connectivity index (χ3v) is 6.07. The van der Waals surface area contributed by atoms with Crippen molar-refractivity contribution in [1.29, 1.82) is 0 Å². The fourth-order valence-corrected chi connectivity index (χ4v) is 3.95. The molecule has 0 bridgehead atoms. The molecule has 0 aliphatic carbocycles. The van der Waals surface area contributed by atoms with Crippen LogP contribution in [0, 0.1) is 0 Å². The van der Waals surface area contributed by atoms with Crippen LogP contribution >= 0.6 is 0 Å². The van der Waals surface area contributed by atoms with Gasteiger partial charge in [0, 0.05) is 0 Å². The Morgan fingerprint density at radius 3 is 1.62 bits per heavy atom. The Labute approximate surface area is 192 Å². The minimum atomic E-state index is -1.87. The molecule has 34 heavy (non-hydrogen) atoms. The van der Waals surface area contributed by atoms with Gasteiger partial charge in [0.1, 0.15) is 73.2 Å². The summed E-state index contributed by atoms with van der Waals surface area (Å²) in [6, 6.07) is 0. The first-order chi connectivity index (χ1) is 16.0. The number of rotatable bonds is 7. The second kappa shape index (κ2) is 11.6. The normalized spacial score (nSPS) is 52.5. The van der Waals surface area contributed by atoms with E-state index in [4.69, 9.17) is 23.7 Å². The number of aliphatic hydroxyl groups excluding tert-OH is 11. The lowest BCUT2D eigenvalue weighted by Gasteiger charge is -2.45. The van der Waals surface area contributed by atoms with Gasteiger partial charge in [-0.05, 0) is 0 Å². The van der Waals surface area contributed by atoms with Crippen molar-refractivity contribution in [2.45, 2.75) is 92.1 Å². The van der Waals surface area contributed by atoms with Crippen LogP contribution in [0.4, 0.5) is 0 Å². The summed E-state index contributed by atoms with van der Waals surface area (Å²) >= 11 is 0. The molecule has 0 spiro atoms. The van der Waals surface area contributed by atoms with E-state index in [1.54, 1.807) is 0 Å². The van der Waals surface area contributed by atoms with Crippen molar-refractivity contribution in [2.75, 3.05) is 19.8 Å². The fourth-order valence-electron chi connectivity index (χ4n) is 3.95. The fraction of sp³-hybridized carbons (Fsp3) is 1.00. The van der Waals surface area contributed by atoms with Crippen LogP contribution in [0.3, 0.4) is 0 Å². The predicted molar refractivity (Wildman–Crippen MR) is 101 cm³/mol. The summed E-state index contributed by atoms with van der Waals surface area (Å²) in [5.74, 6) is 0. The Kier molecular flexibility index (Phi) is 9.54. The number of aliphatic hydroxyl groups is 11. The zero-order valence-corrected chi connectivity index (χ0v) is 17.7. The van der Waals surface area contributed by atoms with Gasteiger partial charge < -0.3 is 79.9 Å². The molecule has 16 heteroatoms. The highest BCUT2D eigenvalue weighted by molar-refractivity contribution is 4.94. The highest BCUT2D eigenvalue weighted by Crippen LogP contribution is 2.29. The van der Waals surface area contributed by atoms with Gasteiger partial charge in [-0.25, -0.2) is 0 Å². The molecule has 3 fully saturated rings. The van der Waals surface area contributed by atoms with Crippen molar-refractivity contribution in [3.63, 3.8) is 0 Å². The van der Waals surface area contributed by atoms with E-state index < -0.39 is 112 Å². The average Bonchev–Trinajstić information content (AvgIpc) is 2.82. The Morgan fingerprint density at radius 1 is 0.500 bits per heavy atom. The summed E-state index contributed by atoms with van der Waals surface area (Å²) < 4.78 is 26.3. The van der Waals surface area contributed by atoms with Crippen LogP contribution in [-0.4, -0.2) is 168 Å². The van der Waals surface area contributed by atoms with Gasteiger partial charge in [-0.1, -0.05) is 0 Å². The molecule has 1 unspecified atom stereocenters. The van der Waals surface area contributed by atoms with Crippen molar-refractivity contribution in [1.82, 2.24) is 0 Å². The van der Waals surface area contributed by atoms with Crippen LogP contribution in [0.5, 0.6) is 0 Å². The summed E-state index contributed by atoms with van der Waals surface area (Å²) in [6.45, 7) is -2.07. The number of hydrogen-bond acceptors (Lipinski definition) is 16. The Bertz CT molecular complexity index is 637. The van der Waals surface area contributed by atoms with Gasteiger partial charge in [0.2, 0.25) is 0 Å². The van der Waals surface area contributed by atoms with Gasteiger partial charge in [-0.2, -0.15) is 0 Å². The van der Waals surface area contributed by atoms with E-state index in [1.807, 2.05) is 0 Å². The lowest BCUT2D eigenvalue weighted by atomic mass is 9.97. The van der Waals surface area contributed by atoms with Crippen LogP contribution in [0.25, 0.3) is 0 Å². The molecule has 0 radical (unpaired) electrons. The zero-order chi connectivity index (χ0) is 25.3. The smallest absolute Gasteiger partial charge is 0.187 e. The van der Waals surface area contributed by atoms with E-state index in [1.165, 1.54) is 0 Å². The van der Waals surface area contributed by atoms with E-state index in [0.29, 0.717) is 0 Å². The van der Waals surface area contributed by atoms with Crippen molar-refractivity contribution in [2.24, 2.45) is 0 Å². The summed E-state index contributed by atoms with van der Waals surface area (Å²) in [5.41, 5.74) is 0. The van der Waals surface area contributed by atoms with Gasteiger partial charge in [0.15, 0.2) is 18.9 Å². The minimum absolute atomic E-state index is 0.609. The Morgan fingerprint density at radius 2 is 1.03 bits per heavy atom. The molecule has 200 valence electrons. The molecule has 0 amide bonds. The SMILES string of the molecule is OC[C@H]1O[C@@H](OC[C@H]2O[C@@H](O[C@H]3[C@H](O)[C@@H](O)C(O)O[C@@H]3CO)[C@H](O)[C@@H](O)[C@H]2O)[C@H](O)[C@@H](O)[C@H]1O. The van der Waals surface area contributed by atoms with Crippen LogP contribution in [0.1, 0.15) is 0 Å². The molecule has 11 N–H and O–H groups in total. The van der Waals surface area contributed by atoms with E-state index in [2.05, 4.69) is 0 Å². The van der Waals surface area contributed by atoms with Crippen molar-refractivity contribution in [3.05, 3.63) is 0 Å². The van der Waals surface area contributed by atoms with Crippen LogP contribution < -0.4 is 0 Å². The molecule has 0 aromatic carbocycles. The molecule has 3 aliphatic heterocycles. The van der Waals surface area contributed by atoms with Gasteiger partial charge >= 0.3 is 0 Å². The zero-order valence-electron chi connectivity index (χ0n) is 17.7. The molecule has 16 nitrogen and oxygen atoms in total. The maximum Gasteiger partial charge on any atom is 0.187 e. The van der Waals surface area contributed by atoms with E-state index in [9.17, 15) is 56.2 Å². The standard InChI is InChI=1S/C18H32O16/c19-1-4-7(21)9(23)13(27)17(32-4)30-3-6-8(22)10(24)14(28)18(33-6)34-15-5(2-20)31-16(29)12(26)11(15)25/h4-29H,1-3H2/t4-,5-,6-,7+,8+,9+,10+,11-,12-,13-,14-,15-,16?,17-,18+/m1/s1. The van der Waals surface area contributed by atoms with Crippen LogP contribution in [0.2, 0.25) is 0 Å². The first kappa shape index (κ1) is 27.9. The first-order valence-electron chi connectivity index (χ1n) is 10.6. The third kappa shape index (κ3) is 5.52. The maximum atomic E-state index is 10.3. The number of ether oxygens (including phenoxy) is 5. The van der Waals surface area contributed by atoms with Crippen molar-refractivity contribution in [3.8, 4) is 0 Å². The van der Waals surface area contributed by atoms with Gasteiger partial charge in [0.05, 0.1) is 19.8 Å². The largest absolute Gasteiger partial charge is 0.394 e. The van der Waals surface area contributed by atoms with E-state index in [0.717, 1.165) is 0 Å². The highest BCUT2D eigenvalue weighted by atomic mass is 16.7. The monoisotopic (exact) mass is 504 g/mol. The predicted octanol–water partition coefficient (Wildman–Crippen LogP) is -7.57. The summed E-state index contributed by atoms with van der Waals surface area (Å²) in [7, 11) is 0. The molecule has 3 aliphatic rings. The topological polar surface area (TPSA) is 269 Å². The first-order valence-corrected chi connectivity index (χ1v) is 10.6. The molecule has 3 saturated heterocycles. The van der Waals surface area contributed by atoms with Crippen molar-refractivity contribution >= 4 is 0 Å². The van der Waals surface area contributed by atoms with Gasteiger partial charge in [-0.3, -0.25) is 0 Å². The quantitative estimate of drug-likeness (QED) is 0.154. The minimum Gasteiger partial charge on any atom is -0.394 e. The molecule has 0 saturated carbocycles. The van der Waals surface area contributed by atoms with Gasteiger partial charge in [-0.15, -0.1) is 0 Å². The molecular formula is C18H32O16. The highest BCUT2D eigenvalue weighted by Gasteiger charge is 2.51. The van der Waals surface area contributed by atoms with Crippen molar-refractivity contribution < 1.29 is 79.9 Å². The van der Waals surface area contributed by atoms with Gasteiger partial charge in [0.25, 0.3) is 0 Å². The Balaban J connectivity index is 1.66. The second-order valence-electron chi connectivity index (χ2n) is 8.37. The lowest BCUT2D eigenvalue weighted by molar-refractivity contribution is -0.362. The van der Waals surface area contributed by atoms with E-state index in [-0.39, 0.29) is 0 Å². The average molecular weight is 504 g/mol. The molecular weight excluding hydrogens is 472 g/mol. The van der Waals surface area contributed by atoms with E-state index >= 15 is 0 Å². The molecule has 3 rings (SSSR count). The maximum absolute atomic E-state index is 10.3. The summed E-state index contributed by atoms with van der Waals surface area (Å²) in [6.07, 6.45) is -24.9. The summed E-state index contributed by atoms with van der Waals surface area (Å²) in [4.78, 5) is 0. The molecule has 3 heterocycles. The van der Waals surface area contributed by atoms with Crippen LogP contribution in [0.15, 0.2) is 0 Å². The number of hydrogen-bond donors (Lipinski definition) is 11. The van der Waals surface area contributed by atoms with Crippen LogP contribution in [-0.2, 0) is 23.7 Å².